The predicted molar refractivity (Wildman–Crippen MR) is 119 cm³/mol. The van der Waals surface area contributed by atoms with Crippen LogP contribution in [0.4, 0.5) is 0 Å². The summed E-state index contributed by atoms with van der Waals surface area (Å²) in [7, 11) is 1.66. The lowest BCUT2D eigenvalue weighted by Crippen LogP contribution is -2.46. The first-order chi connectivity index (χ1) is 15.0. The van der Waals surface area contributed by atoms with Crippen LogP contribution in [0.2, 0.25) is 0 Å². The number of amides is 1. The molecule has 2 aliphatic rings. The molecule has 168 valence electrons. The first-order valence-electron chi connectivity index (χ1n) is 11.3. The van der Waals surface area contributed by atoms with Crippen LogP contribution in [0, 0.1) is 12.8 Å². The maximum Gasteiger partial charge on any atom is 0.219 e. The van der Waals surface area contributed by atoms with Gasteiger partial charge in [-0.05, 0) is 51.4 Å². The number of hydrogen-bond donors (Lipinski definition) is 0. The van der Waals surface area contributed by atoms with Gasteiger partial charge in [-0.3, -0.25) is 14.4 Å². The first-order valence-corrected chi connectivity index (χ1v) is 11.3. The lowest BCUT2D eigenvalue weighted by Gasteiger charge is -2.37. The van der Waals surface area contributed by atoms with Crippen molar-refractivity contribution < 1.29 is 14.3 Å². The smallest absolute Gasteiger partial charge is 0.219 e. The van der Waals surface area contributed by atoms with Crippen molar-refractivity contribution in [3.05, 3.63) is 41.2 Å². The number of aromatic nitrogens is 2. The summed E-state index contributed by atoms with van der Waals surface area (Å²) in [6.07, 6.45) is 4.41. The maximum atomic E-state index is 12.3. The molecule has 7 nitrogen and oxygen atoms in total. The van der Waals surface area contributed by atoms with E-state index in [4.69, 9.17) is 9.47 Å². The Bertz CT molecular complexity index is 926. The summed E-state index contributed by atoms with van der Waals surface area (Å²) in [5.41, 5.74) is 3.42. The predicted octanol–water partition coefficient (Wildman–Crippen LogP) is 3.24. The number of methoxy groups -OCH3 is 1. The average molecular weight is 427 g/mol. The number of hydrogen-bond acceptors (Lipinski definition) is 5. The van der Waals surface area contributed by atoms with E-state index in [-0.39, 0.29) is 12.0 Å². The standard InChI is InChI=1S/C24H34N4O3/c1-5-28-15-21(17(2)25-28)13-26-10-6-7-19(12-26)24-16-27(18(3)29)14-20-11-22(30-4)8-9-23(20)31-24/h8-9,11,15,19,24H,5-7,10,12-14,16H2,1-4H3/t19-,24-/m1/s1. The van der Waals surface area contributed by atoms with E-state index in [2.05, 4.69) is 30.0 Å². The van der Waals surface area contributed by atoms with Gasteiger partial charge in [-0.2, -0.15) is 5.10 Å². The normalized spacial score (nSPS) is 21.9. The first kappa shape index (κ1) is 21.7. The molecule has 1 aromatic carbocycles. The number of carbonyl (C=O) groups is 1. The van der Waals surface area contributed by atoms with Gasteiger partial charge in [0.1, 0.15) is 17.6 Å². The fraction of sp³-hybridized carbons (Fsp3) is 0.583. The van der Waals surface area contributed by atoms with E-state index in [1.165, 1.54) is 5.56 Å². The summed E-state index contributed by atoms with van der Waals surface area (Å²) >= 11 is 0. The fourth-order valence-corrected chi connectivity index (χ4v) is 4.75. The van der Waals surface area contributed by atoms with Crippen molar-refractivity contribution in [1.29, 1.82) is 0 Å². The van der Waals surface area contributed by atoms with E-state index in [1.54, 1.807) is 14.0 Å². The van der Waals surface area contributed by atoms with Crippen LogP contribution in [0.1, 0.15) is 43.5 Å². The molecule has 0 N–H and O–H groups in total. The number of ether oxygens (including phenoxy) is 2. The van der Waals surface area contributed by atoms with Crippen LogP contribution in [0.15, 0.2) is 24.4 Å². The molecule has 0 bridgehead atoms. The molecule has 1 saturated heterocycles. The Kier molecular flexibility index (Phi) is 6.51. The van der Waals surface area contributed by atoms with Crippen molar-refractivity contribution in [2.75, 3.05) is 26.7 Å². The van der Waals surface area contributed by atoms with E-state index < -0.39 is 0 Å². The third kappa shape index (κ3) is 4.87. The van der Waals surface area contributed by atoms with Gasteiger partial charge in [0, 0.05) is 56.3 Å². The van der Waals surface area contributed by atoms with Gasteiger partial charge in [0.15, 0.2) is 0 Å². The number of benzene rings is 1. The third-order valence-electron chi connectivity index (χ3n) is 6.59. The number of likely N-dealkylation sites (tertiary alicyclic amines) is 1. The van der Waals surface area contributed by atoms with Crippen LogP contribution >= 0.6 is 0 Å². The van der Waals surface area contributed by atoms with E-state index in [1.807, 2.05) is 27.8 Å². The van der Waals surface area contributed by atoms with Gasteiger partial charge in [-0.1, -0.05) is 0 Å². The van der Waals surface area contributed by atoms with Gasteiger partial charge in [-0.15, -0.1) is 0 Å². The molecule has 31 heavy (non-hydrogen) atoms. The molecule has 0 aliphatic carbocycles. The molecule has 1 fully saturated rings. The zero-order chi connectivity index (χ0) is 22.0. The fourth-order valence-electron chi connectivity index (χ4n) is 4.75. The topological polar surface area (TPSA) is 59.8 Å². The van der Waals surface area contributed by atoms with Crippen LogP contribution < -0.4 is 9.47 Å². The number of aryl methyl sites for hydroxylation is 2. The molecular formula is C24H34N4O3. The lowest BCUT2D eigenvalue weighted by molar-refractivity contribution is -0.130. The van der Waals surface area contributed by atoms with Crippen molar-refractivity contribution in [3.8, 4) is 11.5 Å². The molecule has 4 rings (SSSR count). The molecule has 0 unspecified atom stereocenters. The minimum atomic E-state index is -0.0131. The molecule has 3 heterocycles. The van der Waals surface area contributed by atoms with Gasteiger partial charge >= 0.3 is 0 Å². The van der Waals surface area contributed by atoms with Crippen LogP contribution in [-0.2, 0) is 24.4 Å². The highest BCUT2D eigenvalue weighted by Crippen LogP contribution is 2.33. The molecule has 7 heteroatoms. The van der Waals surface area contributed by atoms with Gasteiger partial charge in [-0.25, -0.2) is 0 Å². The van der Waals surface area contributed by atoms with Crippen molar-refractivity contribution >= 4 is 5.91 Å². The minimum Gasteiger partial charge on any atom is -0.497 e. The molecule has 0 saturated carbocycles. The highest BCUT2D eigenvalue weighted by atomic mass is 16.5. The Labute approximate surface area is 184 Å². The number of carbonyl (C=O) groups excluding carboxylic acids is 1. The van der Waals surface area contributed by atoms with Crippen molar-refractivity contribution in [1.82, 2.24) is 19.6 Å². The van der Waals surface area contributed by atoms with Gasteiger partial charge < -0.3 is 14.4 Å². The van der Waals surface area contributed by atoms with Crippen LogP contribution in [0.25, 0.3) is 0 Å². The van der Waals surface area contributed by atoms with Gasteiger partial charge in [0.05, 0.1) is 19.3 Å². The molecular weight excluding hydrogens is 392 g/mol. The van der Waals surface area contributed by atoms with Gasteiger partial charge in [0.25, 0.3) is 0 Å². The maximum absolute atomic E-state index is 12.3. The number of fused-ring (bicyclic) bond motifs is 1. The zero-order valence-corrected chi connectivity index (χ0v) is 19.1. The minimum absolute atomic E-state index is 0.0131. The summed E-state index contributed by atoms with van der Waals surface area (Å²) in [5, 5.41) is 4.60. The second-order valence-corrected chi connectivity index (χ2v) is 8.76. The summed E-state index contributed by atoms with van der Waals surface area (Å²) in [6, 6.07) is 5.89. The summed E-state index contributed by atoms with van der Waals surface area (Å²) in [5.74, 6) is 2.12. The largest absolute Gasteiger partial charge is 0.497 e. The highest BCUT2D eigenvalue weighted by Gasteiger charge is 2.34. The van der Waals surface area contributed by atoms with Crippen LogP contribution in [0.5, 0.6) is 11.5 Å². The number of rotatable bonds is 5. The van der Waals surface area contributed by atoms with E-state index in [0.29, 0.717) is 19.0 Å². The monoisotopic (exact) mass is 426 g/mol. The van der Waals surface area contributed by atoms with Crippen molar-refractivity contribution in [2.24, 2.45) is 5.92 Å². The second-order valence-electron chi connectivity index (χ2n) is 8.76. The quantitative estimate of drug-likeness (QED) is 0.735. The average Bonchev–Trinajstić information content (AvgIpc) is 3.01. The molecule has 0 spiro atoms. The number of piperidine rings is 1. The molecule has 2 aromatic rings. The molecule has 2 aliphatic heterocycles. The lowest BCUT2D eigenvalue weighted by atomic mass is 9.91. The Morgan fingerprint density at radius 3 is 2.87 bits per heavy atom. The summed E-state index contributed by atoms with van der Waals surface area (Å²) < 4.78 is 13.9. The molecule has 1 aromatic heterocycles. The summed E-state index contributed by atoms with van der Waals surface area (Å²) in [4.78, 5) is 16.8. The Morgan fingerprint density at radius 2 is 2.16 bits per heavy atom. The van der Waals surface area contributed by atoms with Crippen molar-refractivity contribution in [3.63, 3.8) is 0 Å². The van der Waals surface area contributed by atoms with Crippen LogP contribution in [-0.4, -0.2) is 58.3 Å². The van der Waals surface area contributed by atoms with E-state index >= 15 is 0 Å². The highest BCUT2D eigenvalue weighted by molar-refractivity contribution is 5.73. The molecule has 0 radical (unpaired) electrons. The van der Waals surface area contributed by atoms with E-state index in [0.717, 1.165) is 61.8 Å². The summed E-state index contributed by atoms with van der Waals surface area (Å²) in [6.45, 7) is 10.9. The van der Waals surface area contributed by atoms with Gasteiger partial charge in [0.2, 0.25) is 5.91 Å². The third-order valence-corrected chi connectivity index (χ3v) is 6.59. The molecule has 2 atom stereocenters. The molecule has 1 amide bonds. The number of nitrogens with zero attached hydrogens (tertiary/aromatic N) is 4. The van der Waals surface area contributed by atoms with Crippen molar-refractivity contribution in [2.45, 2.75) is 59.4 Å². The van der Waals surface area contributed by atoms with E-state index in [9.17, 15) is 4.79 Å². The SMILES string of the molecule is CCn1cc(CN2CCC[C@@H]([C@H]3CN(C(C)=O)Cc4cc(OC)ccc4O3)C2)c(C)n1. The Morgan fingerprint density at radius 1 is 1.32 bits per heavy atom. The zero-order valence-electron chi connectivity index (χ0n) is 19.1. The van der Waals surface area contributed by atoms with Crippen LogP contribution in [0.3, 0.4) is 0 Å². The second kappa shape index (κ2) is 9.30. The Balaban J connectivity index is 1.51. The Hall–Kier alpha value is -2.54.